The molecule has 0 saturated heterocycles. The molecular formula is N6NaO12Rh-5. The van der Waals surface area contributed by atoms with Gasteiger partial charge in [0.15, 0.2) is 0 Å². The predicted molar refractivity (Wildman–Crippen MR) is 55.0 cm³/mol. The Morgan fingerprint density at radius 2 is 0.400 bits per heavy atom. The summed E-state index contributed by atoms with van der Waals surface area (Å²) in [5.74, 6) is 0. The third-order valence-electron chi connectivity index (χ3n) is 0. The van der Waals surface area contributed by atoms with Crippen LogP contribution in [-0.4, -0.2) is 0 Å². The topological polar surface area (TPSA) is 315 Å². The van der Waals surface area contributed by atoms with E-state index >= 15 is 0 Å². The van der Waals surface area contributed by atoms with Crippen LogP contribution in [0.25, 0.3) is 0 Å². The molecule has 0 amide bonds. The second-order valence-electron chi connectivity index (χ2n) is 0.447. The summed E-state index contributed by atoms with van der Waals surface area (Å²) >= 11 is 0. The summed E-state index contributed by atoms with van der Waals surface area (Å²) in [7, 11) is 0. The minimum Gasteiger partial charge on any atom is -0.444 e. The normalized spacial score (nSPS) is 3.60. The Morgan fingerprint density at radius 1 is 0.400 bits per heavy atom. The molecule has 0 spiro atoms. The van der Waals surface area contributed by atoms with Gasteiger partial charge in [0, 0.05) is 19.5 Å². The minimum absolute atomic E-state index is 0. The van der Waals surface area contributed by atoms with Crippen molar-refractivity contribution in [1.82, 2.24) is 0 Å². The van der Waals surface area contributed by atoms with Crippen molar-refractivity contribution in [3.8, 4) is 0 Å². The van der Waals surface area contributed by atoms with Crippen molar-refractivity contribution < 1.29 is 49.0 Å². The summed E-state index contributed by atoms with van der Waals surface area (Å²) in [6.07, 6.45) is 0. The van der Waals surface area contributed by atoms with Crippen LogP contribution in [0.1, 0.15) is 0 Å². The van der Waals surface area contributed by atoms with E-state index < -0.39 is 0 Å². The van der Waals surface area contributed by atoms with Gasteiger partial charge in [-0.25, -0.2) is 0 Å². The van der Waals surface area contributed by atoms with E-state index in [-0.39, 0.29) is 49.0 Å². The van der Waals surface area contributed by atoms with Crippen molar-refractivity contribution >= 4 is 0 Å². The molecule has 0 N–H and O–H groups in total. The van der Waals surface area contributed by atoms with Crippen LogP contribution in [0, 0.1) is 60.7 Å². The summed E-state index contributed by atoms with van der Waals surface area (Å²) in [6, 6.07) is 0. The van der Waals surface area contributed by atoms with Gasteiger partial charge >= 0.3 is 29.6 Å². The Bertz CT molecular complexity index is 119. The zero-order chi connectivity index (χ0) is 16.2. The molecule has 0 atom stereocenters. The third-order valence-corrected chi connectivity index (χ3v) is 0. The van der Waals surface area contributed by atoms with Gasteiger partial charge in [-0.15, -0.1) is 32.0 Å². The maximum Gasteiger partial charge on any atom is 1.00 e. The number of hydrogen-bond acceptors (Lipinski definition) is 18. The second kappa shape index (κ2) is 270. The van der Waals surface area contributed by atoms with Crippen molar-refractivity contribution in [3.63, 3.8) is 0 Å². The van der Waals surface area contributed by atoms with Crippen molar-refractivity contribution in [2.45, 2.75) is 0 Å². The Labute approximate surface area is 141 Å². The summed E-state index contributed by atoms with van der Waals surface area (Å²) in [4.78, 5) is 48.0. The molecule has 20 heavy (non-hydrogen) atoms. The van der Waals surface area contributed by atoms with Gasteiger partial charge in [-0.05, 0) is 0 Å². The number of rotatable bonds is 0. The van der Waals surface area contributed by atoms with E-state index in [1.54, 1.807) is 0 Å². The fourth-order valence-corrected chi connectivity index (χ4v) is 0. The van der Waals surface area contributed by atoms with Crippen molar-refractivity contribution in [3.05, 3.63) is 60.7 Å². The maximum atomic E-state index is 8.00. The first-order valence-electron chi connectivity index (χ1n) is 2.19. The molecule has 0 fully saturated rings. The first-order chi connectivity index (χ1) is 8.49. The molecule has 0 aromatic carbocycles. The Balaban J connectivity index is -0.0000000141. The average Bonchev–Trinajstić information content (AvgIpc) is 2.23. The van der Waals surface area contributed by atoms with Crippen LogP contribution in [0.4, 0.5) is 0 Å². The largest absolute Gasteiger partial charge is 1.00 e. The molecule has 117 valence electrons. The van der Waals surface area contributed by atoms with Gasteiger partial charge in [-0.2, -0.15) is 0 Å². The van der Waals surface area contributed by atoms with Crippen LogP contribution in [0.15, 0.2) is 32.0 Å². The van der Waals surface area contributed by atoms with Crippen LogP contribution < -0.4 is 29.6 Å². The average molecular weight is 402 g/mol. The zero-order valence-electron chi connectivity index (χ0n) is 8.92. The first kappa shape index (κ1) is 52.0. The standard InChI is InChI=1S/6HNO2.Na.Rh/c6*2-1-3;;/h6*(H,2,3);;/q;;;;;;+1;/p-6. The molecule has 0 saturated carbocycles. The van der Waals surface area contributed by atoms with E-state index in [0.717, 1.165) is 32.0 Å². The predicted octanol–water partition coefficient (Wildman–Crippen LogP) is -1.49. The molecule has 0 rings (SSSR count). The number of nitrogens with zero attached hydrogens (tertiary/aromatic N) is 6. The molecule has 1 radical (unpaired) electrons. The van der Waals surface area contributed by atoms with E-state index in [4.69, 9.17) is 60.7 Å². The summed E-state index contributed by atoms with van der Waals surface area (Å²) in [6.45, 7) is 0. The molecule has 0 heterocycles. The summed E-state index contributed by atoms with van der Waals surface area (Å²) in [5, 5.41) is 54.0. The SMILES string of the molecule is O=N[O-].O=N[O-].O=N[O-].O=N[O-].O=N[O-].O=N[O-].[Na+].[Rh]. The van der Waals surface area contributed by atoms with Gasteiger partial charge in [0.1, 0.15) is 0 Å². The smallest absolute Gasteiger partial charge is 0.444 e. The van der Waals surface area contributed by atoms with Gasteiger partial charge in [0.05, 0.1) is 0 Å². The summed E-state index contributed by atoms with van der Waals surface area (Å²) in [5.41, 5.74) is 0. The quantitative estimate of drug-likeness (QED) is 0.254. The maximum absolute atomic E-state index is 8.00. The molecule has 0 bridgehead atoms. The molecule has 0 aromatic rings. The van der Waals surface area contributed by atoms with Gasteiger partial charge in [0.2, 0.25) is 0 Å². The van der Waals surface area contributed by atoms with Crippen LogP contribution in [-0.2, 0) is 19.5 Å². The summed E-state index contributed by atoms with van der Waals surface area (Å²) < 4.78 is 0. The van der Waals surface area contributed by atoms with Gasteiger partial charge < -0.3 is 60.7 Å². The van der Waals surface area contributed by atoms with Crippen LogP contribution >= 0.6 is 0 Å². The van der Waals surface area contributed by atoms with Crippen molar-refractivity contribution in [2.24, 2.45) is 32.0 Å². The van der Waals surface area contributed by atoms with Crippen LogP contribution in [0.5, 0.6) is 0 Å². The molecule has 0 aliphatic heterocycles. The molecule has 0 aromatic heterocycles. The fraction of sp³-hybridized carbons (Fsp3) is 0. The van der Waals surface area contributed by atoms with Gasteiger partial charge in [-0.1, -0.05) is 0 Å². The Morgan fingerprint density at radius 3 is 0.400 bits per heavy atom. The van der Waals surface area contributed by atoms with E-state index in [2.05, 4.69) is 0 Å². The minimum atomic E-state index is 0. The second-order valence-corrected chi connectivity index (χ2v) is 0.447. The molecule has 0 aliphatic rings. The molecule has 20 heteroatoms. The molecule has 0 unspecified atom stereocenters. The number of hydrogen-bond donors (Lipinski definition) is 0. The molecule has 0 aliphatic carbocycles. The molecular weight excluding hydrogens is 402 g/mol. The van der Waals surface area contributed by atoms with Gasteiger partial charge in [-0.3, -0.25) is 0 Å². The first-order valence-corrected chi connectivity index (χ1v) is 2.19. The Hall–Kier alpha value is -1.98. The fourth-order valence-electron chi connectivity index (χ4n) is 0. The van der Waals surface area contributed by atoms with Crippen LogP contribution in [0.2, 0.25) is 0 Å². The monoisotopic (exact) mass is 402 g/mol. The molecule has 18 nitrogen and oxygen atoms in total. The zero-order valence-corrected chi connectivity index (χ0v) is 12.6. The Kier molecular flexibility index (Phi) is 702. The van der Waals surface area contributed by atoms with E-state index in [1.165, 1.54) is 0 Å². The van der Waals surface area contributed by atoms with E-state index in [0.29, 0.717) is 0 Å². The van der Waals surface area contributed by atoms with E-state index in [1.807, 2.05) is 0 Å². The third kappa shape index (κ3) is 926. The van der Waals surface area contributed by atoms with E-state index in [9.17, 15) is 0 Å². The van der Waals surface area contributed by atoms with Crippen LogP contribution in [0.3, 0.4) is 0 Å². The van der Waals surface area contributed by atoms with Crippen molar-refractivity contribution in [2.75, 3.05) is 0 Å². The van der Waals surface area contributed by atoms with Gasteiger partial charge in [0.25, 0.3) is 0 Å². The van der Waals surface area contributed by atoms with Crippen molar-refractivity contribution in [1.29, 1.82) is 0 Å².